The van der Waals surface area contributed by atoms with Gasteiger partial charge in [-0.05, 0) is 18.2 Å². The van der Waals surface area contributed by atoms with Crippen LogP contribution in [0.1, 0.15) is 6.92 Å². The quantitative estimate of drug-likeness (QED) is 0.792. The molecule has 7 heteroatoms. The Morgan fingerprint density at radius 3 is 2.71 bits per heavy atom. The first-order valence-electron chi connectivity index (χ1n) is 6.30. The fraction of sp³-hybridized carbons (Fsp3) is 0.143. The van der Waals surface area contributed by atoms with E-state index in [0.29, 0.717) is 11.5 Å². The summed E-state index contributed by atoms with van der Waals surface area (Å²) in [7, 11) is 1.58. The van der Waals surface area contributed by atoms with E-state index >= 15 is 0 Å². The van der Waals surface area contributed by atoms with Crippen molar-refractivity contribution in [3.8, 4) is 17.0 Å². The molecule has 0 aliphatic heterocycles. The Labute approximate surface area is 120 Å². The van der Waals surface area contributed by atoms with E-state index in [9.17, 15) is 4.79 Å². The van der Waals surface area contributed by atoms with Crippen LogP contribution in [0.5, 0.6) is 5.88 Å². The fourth-order valence-corrected chi connectivity index (χ4v) is 1.94. The van der Waals surface area contributed by atoms with Gasteiger partial charge in [0, 0.05) is 36.5 Å². The molecule has 0 aliphatic carbocycles. The zero-order valence-corrected chi connectivity index (χ0v) is 11.6. The third-order valence-electron chi connectivity index (χ3n) is 2.90. The molecule has 106 valence electrons. The Morgan fingerprint density at radius 2 is 2.05 bits per heavy atom. The first kappa shape index (κ1) is 13.0. The van der Waals surface area contributed by atoms with Crippen LogP contribution in [0.2, 0.25) is 0 Å². The summed E-state index contributed by atoms with van der Waals surface area (Å²) >= 11 is 0. The molecular formula is C14H13N5O2. The van der Waals surface area contributed by atoms with E-state index in [1.54, 1.807) is 23.9 Å². The molecule has 3 rings (SSSR count). The number of aromatic nitrogens is 4. The maximum absolute atomic E-state index is 11.0. The zero-order valence-electron chi connectivity index (χ0n) is 11.6. The molecular weight excluding hydrogens is 270 g/mol. The lowest BCUT2D eigenvalue weighted by Crippen LogP contribution is -2.07. The van der Waals surface area contributed by atoms with Crippen LogP contribution in [-0.2, 0) is 4.79 Å². The molecule has 0 atom stereocenters. The maximum Gasteiger partial charge on any atom is 0.249 e. The summed E-state index contributed by atoms with van der Waals surface area (Å²) < 4.78 is 6.65. The van der Waals surface area contributed by atoms with Crippen molar-refractivity contribution < 1.29 is 9.53 Å². The molecule has 21 heavy (non-hydrogen) atoms. The summed E-state index contributed by atoms with van der Waals surface area (Å²) in [5, 5.41) is 6.76. The third-order valence-corrected chi connectivity index (χ3v) is 2.90. The molecule has 0 fully saturated rings. The second-order valence-electron chi connectivity index (χ2n) is 4.43. The molecule has 0 aromatic carbocycles. The van der Waals surface area contributed by atoms with Gasteiger partial charge in [0.15, 0.2) is 5.65 Å². The lowest BCUT2D eigenvalue weighted by Gasteiger charge is -2.03. The van der Waals surface area contributed by atoms with Crippen molar-refractivity contribution in [2.75, 3.05) is 12.4 Å². The number of hydrogen-bond acceptors (Lipinski definition) is 5. The first-order chi connectivity index (χ1) is 10.2. The number of rotatable bonds is 3. The molecule has 0 unspecified atom stereocenters. The predicted molar refractivity (Wildman–Crippen MR) is 77.1 cm³/mol. The number of carbonyl (C=O) groups is 1. The van der Waals surface area contributed by atoms with E-state index in [0.717, 1.165) is 11.1 Å². The molecule has 7 nitrogen and oxygen atoms in total. The van der Waals surface area contributed by atoms with Crippen LogP contribution < -0.4 is 10.1 Å². The van der Waals surface area contributed by atoms with E-state index in [-0.39, 0.29) is 11.9 Å². The second kappa shape index (κ2) is 5.20. The number of methoxy groups -OCH3 is 1. The molecule has 0 saturated carbocycles. The highest BCUT2D eigenvalue weighted by Crippen LogP contribution is 2.21. The van der Waals surface area contributed by atoms with Crippen LogP contribution in [-0.4, -0.2) is 32.6 Å². The topological polar surface area (TPSA) is 81.4 Å². The number of hydrogen-bond donors (Lipinski definition) is 1. The van der Waals surface area contributed by atoms with Crippen LogP contribution in [0.15, 0.2) is 36.7 Å². The number of ether oxygens (including phenoxy) is 1. The summed E-state index contributed by atoms with van der Waals surface area (Å²) in [5.74, 6) is 0.645. The molecule has 1 amide bonds. The highest BCUT2D eigenvalue weighted by atomic mass is 16.5. The van der Waals surface area contributed by atoms with Crippen molar-refractivity contribution in [2.24, 2.45) is 0 Å². The van der Waals surface area contributed by atoms with Gasteiger partial charge in [-0.15, -0.1) is 5.10 Å². The van der Waals surface area contributed by atoms with Crippen LogP contribution in [0, 0.1) is 0 Å². The van der Waals surface area contributed by atoms with Gasteiger partial charge in [0.25, 0.3) is 0 Å². The van der Waals surface area contributed by atoms with Gasteiger partial charge in [-0.3, -0.25) is 10.1 Å². The average Bonchev–Trinajstić information content (AvgIpc) is 2.87. The van der Waals surface area contributed by atoms with Crippen molar-refractivity contribution in [3.63, 3.8) is 0 Å². The Hall–Kier alpha value is -2.96. The Bertz CT molecular complexity index is 795. The number of pyridine rings is 2. The van der Waals surface area contributed by atoms with Crippen molar-refractivity contribution in [1.82, 2.24) is 19.6 Å². The lowest BCUT2D eigenvalue weighted by atomic mass is 10.1. The second-order valence-corrected chi connectivity index (χ2v) is 4.43. The number of anilines is 1. The molecule has 0 spiro atoms. The highest BCUT2D eigenvalue weighted by molar-refractivity contribution is 5.86. The molecule has 0 saturated heterocycles. The monoisotopic (exact) mass is 283 g/mol. The Morgan fingerprint density at radius 1 is 1.24 bits per heavy atom. The highest BCUT2D eigenvalue weighted by Gasteiger charge is 2.06. The number of amides is 1. The van der Waals surface area contributed by atoms with Crippen molar-refractivity contribution in [2.45, 2.75) is 6.92 Å². The van der Waals surface area contributed by atoms with E-state index in [4.69, 9.17) is 4.74 Å². The van der Waals surface area contributed by atoms with Gasteiger partial charge in [0.05, 0.1) is 7.11 Å². The summed E-state index contributed by atoms with van der Waals surface area (Å²) in [6.45, 7) is 1.42. The molecule has 0 aliphatic rings. The lowest BCUT2D eigenvalue weighted by molar-refractivity contribution is -0.114. The van der Waals surface area contributed by atoms with Gasteiger partial charge in [-0.25, -0.2) is 9.50 Å². The van der Waals surface area contributed by atoms with E-state index in [1.807, 2.05) is 24.4 Å². The molecule has 3 heterocycles. The summed E-state index contributed by atoms with van der Waals surface area (Å²) in [6, 6.07) is 7.46. The van der Waals surface area contributed by atoms with Gasteiger partial charge in [-0.1, -0.05) is 0 Å². The Balaban J connectivity index is 1.97. The van der Waals surface area contributed by atoms with Crippen molar-refractivity contribution in [3.05, 3.63) is 36.7 Å². The summed E-state index contributed by atoms with van der Waals surface area (Å²) in [4.78, 5) is 19.4. The van der Waals surface area contributed by atoms with Gasteiger partial charge in [0.2, 0.25) is 17.7 Å². The van der Waals surface area contributed by atoms with Crippen LogP contribution in [0.3, 0.4) is 0 Å². The van der Waals surface area contributed by atoms with Crippen molar-refractivity contribution in [1.29, 1.82) is 0 Å². The number of fused-ring (bicyclic) bond motifs is 1. The van der Waals surface area contributed by atoms with Crippen LogP contribution >= 0.6 is 0 Å². The molecule has 3 aromatic heterocycles. The van der Waals surface area contributed by atoms with Gasteiger partial charge in [-0.2, -0.15) is 4.98 Å². The standard InChI is InChI=1S/C14H13N5O2/c1-9(20)16-14-17-12-5-3-11(8-19(12)18-14)10-4-6-13(21-2)15-7-10/h3-8H,1-2H3,(H,16,18,20). The van der Waals surface area contributed by atoms with E-state index in [1.165, 1.54) is 6.92 Å². The van der Waals surface area contributed by atoms with Gasteiger partial charge in [0.1, 0.15) is 0 Å². The Kier molecular flexibility index (Phi) is 3.23. The number of carbonyl (C=O) groups excluding carboxylic acids is 1. The minimum absolute atomic E-state index is 0.203. The first-order valence-corrected chi connectivity index (χ1v) is 6.30. The number of nitrogens with zero attached hydrogens (tertiary/aromatic N) is 4. The largest absolute Gasteiger partial charge is 0.481 e. The molecule has 0 bridgehead atoms. The third kappa shape index (κ3) is 2.66. The smallest absolute Gasteiger partial charge is 0.249 e. The fourth-order valence-electron chi connectivity index (χ4n) is 1.94. The molecule has 3 aromatic rings. The minimum Gasteiger partial charge on any atom is -0.481 e. The van der Waals surface area contributed by atoms with Crippen LogP contribution in [0.25, 0.3) is 16.8 Å². The summed E-state index contributed by atoms with van der Waals surface area (Å²) in [6.07, 6.45) is 3.56. The van der Waals surface area contributed by atoms with E-state index < -0.39 is 0 Å². The number of nitrogens with one attached hydrogen (secondary N) is 1. The van der Waals surface area contributed by atoms with Gasteiger partial charge < -0.3 is 4.74 Å². The van der Waals surface area contributed by atoms with Crippen molar-refractivity contribution >= 4 is 17.5 Å². The SMILES string of the molecule is COc1ccc(-c2ccc3nc(NC(C)=O)nn3c2)cn1. The van der Waals surface area contributed by atoms with Gasteiger partial charge >= 0.3 is 0 Å². The normalized spacial score (nSPS) is 10.6. The minimum atomic E-state index is -0.203. The molecule has 0 radical (unpaired) electrons. The zero-order chi connectivity index (χ0) is 14.8. The van der Waals surface area contributed by atoms with Crippen LogP contribution in [0.4, 0.5) is 5.95 Å². The predicted octanol–water partition coefficient (Wildman–Crippen LogP) is 1.76. The maximum atomic E-state index is 11.0. The summed E-state index contributed by atoms with van der Waals surface area (Å²) in [5.41, 5.74) is 2.54. The van der Waals surface area contributed by atoms with E-state index in [2.05, 4.69) is 20.4 Å². The molecule has 1 N–H and O–H groups in total. The average molecular weight is 283 g/mol.